The molecular weight excluding hydrogens is 391 g/mol. The van der Waals surface area contributed by atoms with Gasteiger partial charge in [-0.05, 0) is 24.3 Å². The number of nitrogens with one attached hydrogen (secondary N) is 1. The maximum absolute atomic E-state index is 13.3. The molecule has 0 aliphatic heterocycles. The third-order valence-corrected chi connectivity index (χ3v) is 4.29. The van der Waals surface area contributed by atoms with Gasteiger partial charge in [0.2, 0.25) is 11.8 Å². The third-order valence-electron chi connectivity index (χ3n) is 3.47. The number of hydrogen-bond acceptors (Lipinski definition) is 8. The molecule has 0 fully saturated rings. The molecule has 1 aromatic heterocycles. The van der Waals surface area contributed by atoms with Gasteiger partial charge in [0.1, 0.15) is 11.6 Å². The van der Waals surface area contributed by atoms with Gasteiger partial charge in [-0.3, -0.25) is 14.9 Å². The summed E-state index contributed by atoms with van der Waals surface area (Å²) in [5, 5.41) is 21.2. The second kappa shape index (κ2) is 8.48. The number of ether oxygens (including phenoxy) is 1. The molecule has 0 spiro atoms. The van der Waals surface area contributed by atoms with Gasteiger partial charge >= 0.3 is 0 Å². The summed E-state index contributed by atoms with van der Waals surface area (Å²) in [7, 11) is 1.39. The summed E-state index contributed by atoms with van der Waals surface area (Å²) in [5.74, 6) is -0.557. The van der Waals surface area contributed by atoms with Crippen molar-refractivity contribution in [1.29, 1.82) is 0 Å². The standard InChI is InChI=1S/C17H13FN4O5S/c1-26-14-6-5-12(22(24)25)8-13(14)19-15(23)9-28-17-21-20-16(27-17)10-3-2-4-11(18)7-10/h2-8H,9H2,1H3,(H,19,23). The largest absolute Gasteiger partial charge is 0.495 e. The minimum atomic E-state index is -0.573. The highest BCUT2D eigenvalue weighted by Crippen LogP contribution is 2.29. The monoisotopic (exact) mass is 404 g/mol. The Balaban J connectivity index is 1.64. The summed E-state index contributed by atoms with van der Waals surface area (Å²) in [4.78, 5) is 22.5. The number of benzene rings is 2. The molecular formula is C17H13FN4O5S. The van der Waals surface area contributed by atoms with E-state index in [1.165, 1.54) is 43.5 Å². The van der Waals surface area contributed by atoms with E-state index < -0.39 is 16.6 Å². The summed E-state index contributed by atoms with van der Waals surface area (Å²) in [6, 6.07) is 9.55. The van der Waals surface area contributed by atoms with Gasteiger partial charge in [0, 0.05) is 17.7 Å². The molecule has 1 heterocycles. The van der Waals surface area contributed by atoms with Crippen molar-refractivity contribution in [2.75, 3.05) is 18.2 Å². The average molecular weight is 404 g/mol. The van der Waals surface area contributed by atoms with E-state index in [1.54, 1.807) is 6.07 Å². The molecule has 0 saturated carbocycles. The van der Waals surface area contributed by atoms with Crippen molar-refractivity contribution >= 4 is 29.0 Å². The Bertz CT molecular complexity index is 1030. The molecule has 144 valence electrons. The molecule has 0 unspecified atom stereocenters. The topological polar surface area (TPSA) is 120 Å². The number of nitro benzene ring substituents is 1. The van der Waals surface area contributed by atoms with Crippen LogP contribution in [0.2, 0.25) is 0 Å². The predicted octanol–water partition coefficient (Wildman–Crippen LogP) is 3.52. The number of nitro groups is 1. The number of methoxy groups -OCH3 is 1. The van der Waals surface area contributed by atoms with E-state index in [2.05, 4.69) is 15.5 Å². The molecule has 0 atom stereocenters. The highest BCUT2D eigenvalue weighted by Gasteiger charge is 2.15. The zero-order valence-electron chi connectivity index (χ0n) is 14.4. The lowest BCUT2D eigenvalue weighted by Gasteiger charge is -2.09. The Morgan fingerprint density at radius 3 is 2.86 bits per heavy atom. The Morgan fingerprint density at radius 1 is 1.32 bits per heavy atom. The lowest BCUT2D eigenvalue weighted by Crippen LogP contribution is -2.14. The summed E-state index contributed by atoms with van der Waals surface area (Å²) in [6.07, 6.45) is 0. The molecule has 9 nitrogen and oxygen atoms in total. The van der Waals surface area contributed by atoms with E-state index in [0.717, 1.165) is 11.8 Å². The van der Waals surface area contributed by atoms with Crippen LogP contribution in [0.3, 0.4) is 0 Å². The lowest BCUT2D eigenvalue weighted by molar-refractivity contribution is -0.384. The van der Waals surface area contributed by atoms with Gasteiger partial charge in [-0.2, -0.15) is 0 Å². The first-order valence-electron chi connectivity index (χ1n) is 7.81. The molecule has 0 saturated heterocycles. The van der Waals surface area contributed by atoms with Crippen molar-refractivity contribution in [1.82, 2.24) is 10.2 Å². The Labute approximate surface area is 162 Å². The number of amides is 1. The molecule has 3 rings (SSSR count). The maximum Gasteiger partial charge on any atom is 0.277 e. The Kier molecular flexibility index (Phi) is 5.84. The van der Waals surface area contributed by atoms with Gasteiger partial charge in [0.05, 0.1) is 23.5 Å². The van der Waals surface area contributed by atoms with E-state index in [0.29, 0.717) is 5.56 Å². The van der Waals surface area contributed by atoms with E-state index >= 15 is 0 Å². The molecule has 2 aromatic carbocycles. The molecule has 11 heteroatoms. The molecule has 0 aliphatic carbocycles. The summed E-state index contributed by atoms with van der Waals surface area (Å²) in [5.41, 5.74) is 0.416. The smallest absolute Gasteiger partial charge is 0.277 e. The summed E-state index contributed by atoms with van der Waals surface area (Å²) in [6.45, 7) is 0. The van der Waals surface area contributed by atoms with E-state index in [-0.39, 0.29) is 34.0 Å². The Hall–Kier alpha value is -3.47. The molecule has 28 heavy (non-hydrogen) atoms. The molecule has 0 aliphatic rings. The number of rotatable bonds is 7. The summed E-state index contributed by atoms with van der Waals surface area (Å²) >= 11 is 0.971. The Morgan fingerprint density at radius 2 is 2.14 bits per heavy atom. The van der Waals surface area contributed by atoms with Crippen LogP contribution in [0.4, 0.5) is 15.8 Å². The van der Waals surface area contributed by atoms with Gasteiger partial charge < -0.3 is 14.5 Å². The first-order chi connectivity index (χ1) is 13.5. The van der Waals surface area contributed by atoms with E-state index in [1.807, 2.05) is 0 Å². The molecule has 0 radical (unpaired) electrons. The second-order valence-corrected chi connectivity index (χ2v) is 6.29. The average Bonchev–Trinajstić information content (AvgIpc) is 3.15. The highest BCUT2D eigenvalue weighted by molar-refractivity contribution is 7.99. The fourth-order valence-corrected chi connectivity index (χ4v) is 2.79. The number of carbonyl (C=O) groups excluding carboxylic acids is 1. The zero-order valence-corrected chi connectivity index (χ0v) is 15.2. The van der Waals surface area contributed by atoms with Gasteiger partial charge in [-0.1, -0.05) is 17.8 Å². The highest BCUT2D eigenvalue weighted by atomic mass is 32.2. The van der Waals surface area contributed by atoms with Crippen molar-refractivity contribution in [3.63, 3.8) is 0 Å². The fraction of sp³-hybridized carbons (Fsp3) is 0.118. The number of non-ortho nitro benzene ring substituents is 1. The quantitative estimate of drug-likeness (QED) is 0.361. The maximum atomic E-state index is 13.3. The van der Waals surface area contributed by atoms with Crippen LogP contribution >= 0.6 is 11.8 Å². The zero-order chi connectivity index (χ0) is 20.1. The first-order valence-corrected chi connectivity index (χ1v) is 8.79. The number of halogens is 1. The van der Waals surface area contributed by atoms with E-state index in [4.69, 9.17) is 9.15 Å². The molecule has 1 N–H and O–H groups in total. The number of aromatic nitrogens is 2. The van der Waals surface area contributed by atoms with Crippen LogP contribution in [0.15, 0.2) is 52.1 Å². The van der Waals surface area contributed by atoms with Gasteiger partial charge in [-0.25, -0.2) is 4.39 Å². The van der Waals surface area contributed by atoms with Crippen LogP contribution in [0, 0.1) is 15.9 Å². The predicted molar refractivity (Wildman–Crippen MR) is 98.7 cm³/mol. The minimum absolute atomic E-state index is 0.0867. The summed E-state index contributed by atoms with van der Waals surface area (Å²) < 4.78 is 23.8. The minimum Gasteiger partial charge on any atom is -0.495 e. The van der Waals surface area contributed by atoms with Crippen LogP contribution in [0.25, 0.3) is 11.5 Å². The number of hydrogen-bond donors (Lipinski definition) is 1. The first kappa shape index (κ1) is 19.3. The second-order valence-electron chi connectivity index (χ2n) is 5.36. The van der Waals surface area contributed by atoms with Crippen molar-refractivity contribution in [3.05, 3.63) is 58.4 Å². The molecule has 3 aromatic rings. The lowest BCUT2D eigenvalue weighted by atomic mass is 10.2. The van der Waals surface area contributed by atoms with Crippen LogP contribution < -0.4 is 10.1 Å². The van der Waals surface area contributed by atoms with Crippen LogP contribution in [-0.2, 0) is 4.79 Å². The van der Waals surface area contributed by atoms with Crippen LogP contribution in [0.1, 0.15) is 0 Å². The van der Waals surface area contributed by atoms with Gasteiger partial charge in [0.15, 0.2) is 0 Å². The van der Waals surface area contributed by atoms with Crippen LogP contribution in [-0.4, -0.2) is 33.9 Å². The molecule has 1 amide bonds. The van der Waals surface area contributed by atoms with Gasteiger partial charge in [-0.15, -0.1) is 10.2 Å². The van der Waals surface area contributed by atoms with Crippen molar-refractivity contribution in [3.8, 4) is 17.2 Å². The number of nitrogens with zero attached hydrogens (tertiary/aromatic N) is 3. The normalized spacial score (nSPS) is 10.5. The van der Waals surface area contributed by atoms with E-state index in [9.17, 15) is 19.3 Å². The fourth-order valence-electron chi connectivity index (χ4n) is 2.23. The molecule has 0 bridgehead atoms. The van der Waals surface area contributed by atoms with Crippen molar-refractivity contribution in [2.24, 2.45) is 0 Å². The van der Waals surface area contributed by atoms with Crippen LogP contribution in [0.5, 0.6) is 5.75 Å². The number of anilines is 1. The SMILES string of the molecule is COc1ccc([N+](=O)[O-])cc1NC(=O)CSc1nnc(-c2cccc(F)c2)o1. The van der Waals surface area contributed by atoms with Crippen molar-refractivity contribution < 1.29 is 23.3 Å². The van der Waals surface area contributed by atoms with Crippen molar-refractivity contribution in [2.45, 2.75) is 5.22 Å². The number of thioether (sulfide) groups is 1. The third kappa shape index (κ3) is 4.62. The number of carbonyl (C=O) groups is 1. The van der Waals surface area contributed by atoms with Gasteiger partial charge in [0.25, 0.3) is 10.9 Å².